The highest BCUT2D eigenvalue weighted by Crippen LogP contribution is 2.23. The number of anilines is 1. The first-order valence-corrected chi connectivity index (χ1v) is 6.46. The largest absolute Gasteiger partial charge is 0.480 e. The first-order chi connectivity index (χ1) is 8.99. The van der Waals surface area contributed by atoms with Gasteiger partial charge in [0, 0.05) is 22.8 Å². The van der Waals surface area contributed by atoms with Gasteiger partial charge in [-0.25, -0.2) is 4.79 Å². The second kappa shape index (κ2) is 5.48. The lowest BCUT2D eigenvalue weighted by atomic mass is 10.0. The number of rotatable bonds is 2. The number of nitrogens with zero attached hydrogens (tertiary/aromatic N) is 1. The maximum atomic E-state index is 12.4. The predicted octanol–water partition coefficient (Wildman–Crippen LogP) is 2.00. The minimum absolute atomic E-state index is 0.332. The van der Waals surface area contributed by atoms with E-state index in [1.807, 2.05) is 0 Å². The first kappa shape index (κ1) is 13.7. The molecular weight excluding hydrogens is 268 g/mol. The lowest BCUT2D eigenvalue weighted by Crippen LogP contribution is -2.48. The third-order valence-electron chi connectivity index (χ3n) is 3.22. The smallest absolute Gasteiger partial charge is 0.326 e. The number of hydrogen-bond acceptors (Lipinski definition) is 3. The molecule has 1 fully saturated rings. The molecular formula is C13H15ClN2O3. The Labute approximate surface area is 116 Å². The van der Waals surface area contributed by atoms with Crippen molar-refractivity contribution in [2.24, 2.45) is 0 Å². The summed E-state index contributed by atoms with van der Waals surface area (Å²) in [4.78, 5) is 24.9. The van der Waals surface area contributed by atoms with Gasteiger partial charge in [-0.2, -0.15) is 0 Å². The van der Waals surface area contributed by atoms with Crippen LogP contribution >= 0.6 is 11.6 Å². The molecule has 0 aromatic heterocycles. The van der Waals surface area contributed by atoms with Gasteiger partial charge in [0.05, 0.1) is 0 Å². The number of carbonyl (C=O) groups is 2. The number of piperidine rings is 1. The number of carboxylic acids is 1. The summed E-state index contributed by atoms with van der Waals surface area (Å²) in [5.74, 6) is -1.30. The molecule has 1 amide bonds. The van der Waals surface area contributed by atoms with Crippen LogP contribution in [-0.4, -0.2) is 34.5 Å². The van der Waals surface area contributed by atoms with Crippen LogP contribution in [0.15, 0.2) is 18.2 Å². The van der Waals surface area contributed by atoms with E-state index in [1.165, 1.54) is 17.0 Å². The summed E-state index contributed by atoms with van der Waals surface area (Å²) < 4.78 is 0. The van der Waals surface area contributed by atoms with Crippen LogP contribution in [0.1, 0.15) is 29.6 Å². The fourth-order valence-electron chi connectivity index (χ4n) is 2.33. The number of amides is 1. The fraction of sp³-hybridized carbons (Fsp3) is 0.385. The van der Waals surface area contributed by atoms with Crippen molar-refractivity contribution >= 4 is 29.2 Å². The Balaban J connectivity index is 2.28. The van der Waals surface area contributed by atoms with E-state index < -0.39 is 12.0 Å². The van der Waals surface area contributed by atoms with E-state index in [0.717, 1.165) is 12.8 Å². The first-order valence-electron chi connectivity index (χ1n) is 6.09. The molecule has 102 valence electrons. The highest BCUT2D eigenvalue weighted by Gasteiger charge is 2.32. The maximum absolute atomic E-state index is 12.4. The molecule has 1 aliphatic rings. The van der Waals surface area contributed by atoms with Gasteiger partial charge in [-0.3, -0.25) is 4.79 Å². The van der Waals surface area contributed by atoms with Crippen molar-refractivity contribution in [1.82, 2.24) is 4.90 Å². The SMILES string of the molecule is Nc1cc(Cl)cc(C(=O)N2CCCC[C@H]2C(=O)O)c1. The number of carbonyl (C=O) groups excluding carboxylic acids is 1. The van der Waals surface area contributed by atoms with Crippen LogP contribution in [0, 0.1) is 0 Å². The highest BCUT2D eigenvalue weighted by atomic mass is 35.5. The van der Waals surface area contributed by atoms with Crippen LogP contribution in [-0.2, 0) is 4.79 Å². The van der Waals surface area contributed by atoms with E-state index in [0.29, 0.717) is 29.2 Å². The van der Waals surface area contributed by atoms with E-state index in [4.69, 9.17) is 22.4 Å². The molecule has 19 heavy (non-hydrogen) atoms. The molecule has 6 heteroatoms. The van der Waals surface area contributed by atoms with Gasteiger partial charge in [0.15, 0.2) is 0 Å². The van der Waals surface area contributed by atoms with Gasteiger partial charge in [0.2, 0.25) is 0 Å². The molecule has 2 rings (SSSR count). The van der Waals surface area contributed by atoms with Gasteiger partial charge in [-0.1, -0.05) is 11.6 Å². The Morgan fingerprint density at radius 2 is 2.05 bits per heavy atom. The summed E-state index contributed by atoms with van der Waals surface area (Å²) in [7, 11) is 0. The lowest BCUT2D eigenvalue weighted by Gasteiger charge is -2.33. The van der Waals surface area contributed by atoms with Crippen molar-refractivity contribution in [3.8, 4) is 0 Å². The Hall–Kier alpha value is -1.75. The zero-order chi connectivity index (χ0) is 14.0. The Bertz CT molecular complexity index is 498. The monoisotopic (exact) mass is 282 g/mol. The second-order valence-corrected chi connectivity index (χ2v) is 5.06. The fourth-order valence-corrected chi connectivity index (χ4v) is 2.58. The van der Waals surface area contributed by atoms with E-state index in [1.54, 1.807) is 6.07 Å². The minimum atomic E-state index is -0.969. The van der Waals surface area contributed by atoms with Gasteiger partial charge in [0.1, 0.15) is 6.04 Å². The van der Waals surface area contributed by atoms with Crippen molar-refractivity contribution in [3.05, 3.63) is 28.8 Å². The van der Waals surface area contributed by atoms with Gasteiger partial charge < -0.3 is 15.7 Å². The maximum Gasteiger partial charge on any atom is 0.326 e. The molecule has 1 aromatic carbocycles. The number of likely N-dealkylation sites (tertiary alicyclic amines) is 1. The molecule has 0 spiro atoms. The average molecular weight is 283 g/mol. The third-order valence-corrected chi connectivity index (χ3v) is 3.43. The number of nitrogens with two attached hydrogens (primary N) is 1. The quantitative estimate of drug-likeness (QED) is 0.813. The zero-order valence-corrected chi connectivity index (χ0v) is 11.1. The number of carboxylic acid groups (broad SMARTS) is 1. The van der Waals surface area contributed by atoms with Gasteiger partial charge in [0.25, 0.3) is 5.91 Å². The van der Waals surface area contributed by atoms with Gasteiger partial charge in [-0.05, 0) is 37.5 Å². The van der Waals surface area contributed by atoms with Gasteiger partial charge in [-0.15, -0.1) is 0 Å². The molecule has 1 aliphatic heterocycles. The molecule has 0 bridgehead atoms. The molecule has 1 heterocycles. The minimum Gasteiger partial charge on any atom is -0.480 e. The standard InChI is InChI=1S/C13H15ClN2O3/c14-9-5-8(6-10(15)7-9)12(17)16-4-2-1-3-11(16)13(18)19/h5-7,11H,1-4,15H2,(H,18,19)/t11-/m0/s1. The van der Waals surface area contributed by atoms with Crippen LogP contribution in [0.2, 0.25) is 5.02 Å². The summed E-state index contributed by atoms with van der Waals surface area (Å²) >= 11 is 5.86. The highest BCUT2D eigenvalue weighted by molar-refractivity contribution is 6.31. The molecule has 0 saturated carbocycles. The van der Waals surface area contributed by atoms with E-state index in [-0.39, 0.29) is 5.91 Å². The van der Waals surface area contributed by atoms with E-state index >= 15 is 0 Å². The van der Waals surface area contributed by atoms with Crippen LogP contribution in [0.3, 0.4) is 0 Å². The van der Waals surface area contributed by atoms with Crippen molar-refractivity contribution in [3.63, 3.8) is 0 Å². The number of halogens is 1. The second-order valence-electron chi connectivity index (χ2n) is 4.62. The molecule has 1 saturated heterocycles. The van der Waals surface area contributed by atoms with Crippen LogP contribution in [0.25, 0.3) is 0 Å². The normalized spacial score (nSPS) is 19.2. The summed E-state index contributed by atoms with van der Waals surface area (Å²) in [6, 6.07) is 3.81. The summed E-state index contributed by atoms with van der Waals surface area (Å²) in [5.41, 5.74) is 6.37. The Kier molecular flexibility index (Phi) is 3.95. The van der Waals surface area contributed by atoms with Crippen molar-refractivity contribution in [1.29, 1.82) is 0 Å². The molecule has 0 radical (unpaired) electrons. The van der Waals surface area contributed by atoms with Crippen LogP contribution in [0.4, 0.5) is 5.69 Å². The number of aliphatic carboxylic acids is 1. The van der Waals surface area contributed by atoms with Crippen LogP contribution < -0.4 is 5.73 Å². The molecule has 3 N–H and O–H groups in total. The van der Waals surface area contributed by atoms with Crippen molar-refractivity contribution < 1.29 is 14.7 Å². The summed E-state index contributed by atoms with van der Waals surface area (Å²) in [5, 5.41) is 9.54. The number of hydrogen-bond donors (Lipinski definition) is 2. The zero-order valence-electron chi connectivity index (χ0n) is 10.3. The van der Waals surface area contributed by atoms with Crippen LogP contribution in [0.5, 0.6) is 0 Å². The van der Waals surface area contributed by atoms with E-state index in [2.05, 4.69) is 0 Å². The lowest BCUT2D eigenvalue weighted by molar-refractivity contribution is -0.143. The number of benzene rings is 1. The molecule has 0 aliphatic carbocycles. The van der Waals surface area contributed by atoms with Crippen molar-refractivity contribution in [2.45, 2.75) is 25.3 Å². The topological polar surface area (TPSA) is 83.6 Å². The molecule has 1 atom stereocenters. The van der Waals surface area contributed by atoms with E-state index in [9.17, 15) is 9.59 Å². The average Bonchev–Trinajstić information content (AvgIpc) is 2.36. The third kappa shape index (κ3) is 2.98. The number of nitrogen functional groups attached to an aromatic ring is 1. The Morgan fingerprint density at radius 3 is 2.68 bits per heavy atom. The molecule has 1 aromatic rings. The van der Waals surface area contributed by atoms with Crippen molar-refractivity contribution in [2.75, 3.05) is 12.3 Å². The molecule has 5 nitrogen and oxygen atoms in total. The van der Waals surface area contributed by atoms with Gasteiger partial charge >= 0.3 is 5.97 Å². The Morgan fingerprint density at radius 1 is 1.32 bits per heavy atom. The predicted molar refractivity (Wildman–Crippen MR) is 72.2 cm³/mol. The summed E-state index contributed by atoms with van der Waals surface area (Å²) in [6.45, 7) is 0.447. The molecule has 0 unspecified atom stereocenters. The summed E-state index contributed by atoms with van der Waals surface area (Å²) in [6.07, 6.45) is 2.11.